The zero-order valence-electron chi connectivity index (χ0n) is 14.4. The third-order valence-electron chi connectivity index (χ3n) is 4.39. The fraction of sp³-hybridized carbons (Fsp3) is 0.588. The second-order valence-corrected chi connectivity index (χ2v) is 6.40. The monoisotopic (exact) mass is 332 g/mol. The Morgan fingerprint density at radius 1 is 1.33 bits per heavy atom. The molecule has 1 N–H and O–H groups in total. The van der Waals surface area contributed by atoms with E-state index in [0.29, 0.717) is 18.3 Å². The summed E-state index contributed by atoms with van der Waals surface area (Å²) < 4.78 is 16.5. The normalized spacial score (nSPS) is 17.2. The predicted octanol–water partition coefficient (Wildman–Crippen LogP) is 2.86. The lowest BCUT2D eigenvalue weighted by Crippen LogP contribution is -2.44. The molecule has 1 aliphatic heterocycles. The third-order valence-corrected chi connectivity index (χ3v) is 4.39. The quantitative estimate of drug-likeness (QED) is 0.871. The second kappa shape index (κ2) is 7.27. The molecule has 0 aromatic carbocycles. The number of hydrogen-bond donors (Lipinski definition) is 1. The van der Waals surface area contributed by atoms with Crippen LogP contribution in [0.15, 0.2) is 22.9 Å². The maximum atomic E-state index is 5.73. The number of rotatable bonds is 6. The standard InChI is InChI=1S/C17H24N4O3/c1-12(2)15-20-16(24-21-15)13-4-7-18-14(10-13)19-11-17(22-3)5-8-23-9-6-17/h4,7,10,12H,5-6,8-9,11H2,1-3H3,(H,18,19). The Hall–Kier alpha value is -1.99. The van der Waals surface area contributed by atoms with Crippen LogP contribution in [0.3, 0.4) is 0 Å². The number of aromatic nitrogens is 3. The van der Waals surface area contributed by atoms with Crippen molar-refractivity contribution >= 4 is 5.82 Å². The largest absolute Gasteiger partial charge is 0.381 e. The second-order valence-electron chi connectivity index (χ2n) is 6.40. The molecule has 0 amide bonds. The molecule has 0 radical (unpaired) electrons. The topological polar surface area (TPSA) is 82.3 Å². The lowest BCUT2D eigenvalue weighted by molar-refractivity contribution is -0.0807. The van der Waals surface area contributed by atoms with E-state index in [-0.39, 0.29) is 11.5 Å². The summed E-state index contributed by atoms with van der Waals surface area (Å²) in [5.74, 6) is 2.21. The molecule has 0 aliphatic carbocycles. The van der Waals surface area contributed by atoms with Gasteiger partial charge in [0.05, 0.1) is 5.60 Å². The molecule has 7 heteroatoms. The smallest absolute Gasteiger partial charge is 0.258 e. The van der Waals surface area contributed by atoms with Gasteiger partial charge in [0.1, 0.15) is 5.82 Å². The summed E-state index contributed by atoms with van der Waals surface area (Å²) in [6.45, 7) is 6.20. The van der Waals surface area contributed by atoms with Crippen molar-refractivity contribution in [2.75, 3.05) is 32.2 Å². The first kappa shape index (κ1) is 16.9. The highest BCUT2D eigenvalue weighted by atomic mass is 16.5. The van der Waals surface area contributed by atoms with Crippen LogP contribution < -0.4 is 5.32 Å². The van der Waals surface area contributed by atoms with Crippen LogP contribution in [0.1, 0.15) is 38.4 Å². The van der Waals surface area contributed by atoms with Gasteiger partial charge in [0.25, 0.3) is 5.89 Å². The number of ether oxygens (including phenoxy) is 2. The van der Waals surface area contributed by atoms with Gasteiger partial charge in [-0.3, -0.25) is 0 Å². The maximum absolute atomic E-state index is 5.73. The molecule has 24 heavy (non-hydrogen) atoms. The first-order valence-corrected chi connectivity index (χ1v) is 8.29. The van der Waals surface area contributed by atoms with Crippen LogP contribution in [0.2, 0.25) is 0 Å². The number of pyridine rings is 1. The van der Waals surface area contributed by atoms with Crippen LogP contribution in [-0.2, 0) is 9.47 Å². The van der Waals surface area contributed by atoms with Gasteiger partial charge in [-0.05, 0) is 12.1 Å². The van der Waals surface area contributed by atoms with Gasteiger partial charge in [0.15, 0.2) is 5.82 Å². The Labute approximate surface area is 141 Å². The van der Waals surface area contributed by atoms with Crippen molar-refractivity contribution in [3.63, 3.8) is 0 Å². The molecule has 3 rings (SSSR count). The van der Waals surface area contributed by atoms with Crippen LogP contribution in [-0.4, -0.2) is 47.6 Å². The Bertz CT molecular complexity index is 665. The average molecular weight is 332 g/mol. The van der Waals surface area contributed by atoms with E-state index in [1.165, 1.54) is 0 Å². The molecule has 0 saturated carbocycles. The minimum Gasteiger partial charge on any atom is -0.381 e. The minimum atomic E-state index is -0.203. The van der Waals surface area contributed by atoms with Crippen LogP contribution >= 0.6 is 0 Å². The summed E-state index contributed by atoms with van der Waals surface area (Å²) in [6, 6.07) is 3.78. The van der Waals surface area contributed by atoms with E-state index in [1.54, 1.807) is 13.3 Å². The van der Waals surface area contributed by atoms with E-state index >= 15 is 0 Å². The zero-order valence-corrected chi connectivity index (χ0v) is 14.4. The van der Waals surface area contributed by atoms with Crippen molar-refractivity contribution in [1.29, 1.82) is 0 Å². The van der Waals surface area contributed by atoms with Gasteiger partial charge in [-0.1, -0.05) is 19.0 Å². The molecule has 2 aromatic heterocycles. The van der Waals surface area contributed by atoms with Crippen molar-refractivity contribution in [2.45, 2.75) is 38.2 Å². The molecule has 3 heterocycles. The molecule has 7 nitrogen and oxygen atoms in total. The van der Waals surface area contributed by atoms with Crippen LogP contribution in [0.25, 0.3) is 11.5 Å². The molecule has 2 aromatic rings. The Morgan fingerprint density at radius 3 is 2.79 bits per heavy atom. The van der Waals surface area contributed by atoms with E-state index in [1.807, 2.05) is 26.0 Å². The van der Waals surface area contributed by atoms with E-state index in [9.17, 15) is 0 Å². The van der Waals surface area contributed by atoms with Crippen LogP contribution in [0, 0.1) is 0 Å². The molecule has 1 fully saturated rings. The van der Waals surface area contributed by atoms with Gasteiger partial charge in [0.2, 0.25) is 0 Å². The highest BCUT2D eigenvalue weighted by molar-refractivity contribution is 5.57. The van der Waals surface area contributed by atoms with E-state index in [4.69, 9.17) is 14.0 Å². The van der Waals surface area contributed by atoms with Crippen LogP contribution in [0.4, 0.5) is 5.82 Å². The fourth-order valence-electron chi connectivity index (χ4n) is 2.69. The molecule has 0 unspecified atom stereocenters. The third kappa shape index (κ3) is 3.73. The number of nitrogens with one attached hydrogen (secondary N) is 1. The van der Waals surface area contributed by atoms with Crippen molar-refractivity contribution in [3.8, 4) is 11.5 Å². The summed E-state index contributed by atoms with van der Waals surface area (Å²) in [5, 5.41) is 7.37. The van der Waals surface area contributed by atoms with Gasteiger partial charge in [-0.15, -0.1) is 0 Å². The summed E-state index contributed by atoms with van der Waals surface area (Å²) >= 11 is 0. The average Bonchev–Trinajstić information content (AvgIpc) is 3.12. The van der Waals surface area contributed by atoms with Crippen molar-refractivity contribution in [2.24, 2.45) is 0 Å². The summed E-state index contributed by atoms with van der Waals surface area (Å²) in [5.41, 5.74) is 0.649. The molecule has 0 bridgehead atoms. The predicted molar refractivity (Wildman–Crippen MR) is 89.9 cm³/mol. The van der Waals surface area contributed by atoms with Gasteiger partial charge < -0.3 is 19.3 Å². The van der Waals surface area contributed by atoms with Gasteiger partial charge >= 0.3 is 0 Å². The Morgan fingerprint density at radius 2 is 2.12 bits per heavy atom. The molecule has 0 atom stereocenters. The lowest BCUT2D eigenvalue weighted by atomic mass is 9.94. The molecular weight excluding hydrogens is 308 g/mol. The van der Waals surface area contributed by atoms with Gasteiger partial charge in [0, 0.05) is 57.4 Å². The van der Waals surface area contributed by atoms with Crippen molar-refractivity contribution < 1.29 is 14.0 Å². The Balaban J connectivity index is 1.70. The molecule has 1 aliphatic rings. The highest BCUT2D eigenvalue weighted by Crippen LogP contribution is 2.26. The number of anilines is 1. The SMILES string of the molecule is COC1(CNc2cc(-c3nc(C(C)C)no3)ccn2)CCOCC1. The number of nitrogens with zero attached hydrogens (tertiary/aromatic N) is 3. The van der Waals surface area contributed by atoms with Gasteiger partial charge in [-0.25, -0.2) is 4.98 Å². The van der Waals surface area contributed by atoms with E-state index < -0.39 is 0 Å². The number of methoxy groups -OCH3 is 1. The maximum Gasteiger partial charge on any atom is 0.258 e. The first-order chi connectivity index (χ1) is 11.6. The minimum absolute atomic E-state index is 0.203. The first-order valence-electron chi connectivity index (χ1n) is 8.29. The summed E-state index contributed by atoms with van der Waals surface area (Å²) in [7, 11) is 1.75. The fourth-order valence-corrected chi connectivity index (χ4v) is 2.69. The zero-order chi connectivity index (χ0) is 17.0. The molecule has 130 valence electrons. The van der Waals surface area contributed by atoms with Gasteiger partial charge in [-0.2, -0.15) is 4.98 Å². The van der Waals surface area contributed by atoms with E-state index in [0.717, 1.165) is 37.4 Å². The highest BCUT2D eigenvalue weighted by Gasteiger charge is 2.32. The summed E-state index contributed by atoms with van der Waals surface area (Å²) in [4.78, 5) is 8.80. The summed E-state index contributed by atoms with van der Waals surface area (Å²) in [6.07, 6.45) is 3.48. The Kier molecular flexibility index (Phi) is 5.11. The van der Waals surface area contributed by atoms with E-state index in [2.05, 4.69) is 20.4 Å². The lowest BCUT2D eigenvalue weighted by Gasteiger charge is -2.36. The number of hydrogen-bond acceptors (Lipinski definition) is 7. The van der Waals surface area contributed by atoms with Crippen LogP contribution in [0.5, 0.6) is 0 Å². The van der Waals surface area contributed by atoms with Crippen molar-refractivity contribution in [3.05, 3.63) is 24.2 Å². The van der Waals surface area contributed by atoms with Crippen molar-refractivity contribution in [1.82, 2.24) is 15.1 Å². The molecule has 1 saturated heterocycles. The molecular formula is C17H24N4O3. The molecule has 0 spiro atoms.